The van der Waals surface area contributed by atoms with Gasteiger partial charge in [0.1, 0.15) is 6.54 Å². The first-order valence-corrected chi connectivity index (χ1v) is 6.78. The van der Waals surface area contributed by atoms with E-state index in [0.29, 0.717) is 32.1 Å². The Morgan fingerprint density at radius 1 is 1.25 bits per heavy atom. The fourth-order valence-corrected chi connectivity index (χ4v) is 2.70. The third-order valence-corrected chi connectivity index (χ3v) is 3.72. The summed E-state index contributed by atoms with van der Waals surface area (Å²) < 4.78 is 37.3. The zero-order valence-electron chi connectivity index (χ0n) is 11.5. The first-order valence-electron chi connectivity index (χ1n) is 6.78. The molecular formula is C13H20F3NO3. The number of amides is 1. The smallest absolute Gasteiger partial charge is 0.406 e. The predicted molar refractivity (Wildman–Crippen MR) is 66.1 cm³/mol. The van der Waals surface area contributed by atoms with Crippen LogP contribution in [-0.4, -0.2) is 41.1 Å². The second-order valence-electron chi connectivity index (χ2n) is 5.40. The predicted octanol–water partition coefficient (Wildman–Crippen LogP) is 2.82. The summed E-state index contributed by atoms with van der Waals surface area (Å²) in [6, 6.07) is 0. The maximum Gasteiger partial charge on any atom is 0.406 e. The van der Waals surface area contributed by atoms with Gasteiger partial charge in [-0.1, -0.05) is 19.8 Å². The molecule has 1 N–H and O–H groups in total. The molecule has 1 amide bonds. The van der Waals surface area contributed by atoms with E-state index in [0.717, 1.165) is 4.90 Å². The van der Waals surface area contributed by atoms with E-state index >= 15 is 0 Å². The summed E-state index contributed by atoms with van der Waals surface area (Å²) in [6.45, 7) is 0.364. The third-order valence-electron chi connectivity index (χ3n) is 3.72. The number of alkyl halides is 3. The van der Waals surface area contributed by atoms with Crippen LogP contribution in [0.4, 0.5) is 13.2 Å². The molecule has 116 valence electrons. The maximum atomic E-state index is 12.4. The highest BCUT2D eigenvalue weighted by Crippen LogP contribution is 2.41. The average Bonchev–Trinajstić information content (AvgIpc) is 2.76. The third kappa shape index (κ3) is 4.38. The molecule has 1 rings (SSSR count). The summed E-state index contributed by atoms with van der Waals surface area (Å²) in [6.07, 6.45) is -2.27. The van der Waals surface area contributed by atoms with E-state index in [1.165, 1.54) is 0 Å². The van der Waals surface area contributed by atoms with E-state index in [9.17, 15) is 27.9 Å². The Bertz CT molecular complexity index is 362. The van der Waals surface area contributed by atoms with Crippen LogP contribution in [-0.2, 0) is 9.59 Å². The minimum absolute atomic E-state index is 0.00591. The summed E-state index contributed by atoms with van der Waals surface area (Å²) in [4.78, 5) is 24.1. The SMILES string of the molecule is CCCN(CC(F)(F)F)C(=O)CC1(C(=O)O)CCCC1. The van der Waals surface area contributed by atoms with Crippen molar-refractivity contribution in [2.75, 3.05) is 13.1 Å². The lowest BCUT2D eigenvalue weighted by Gasteiger charge is -2.29. The van der Waals surface area contributed by atoms with Crippen molar-refractivity contribution in [3.05, 3.63) is 0 Å². The number of hydrogen-bond donors (Lipinski definition) is 1. The van der Waals surface area contributed by atoms with Crippen molar-refractivity contribution in [1.82, 2.24) is 4.90 Å². The molecule has 0 bridgehead atoms. The van der Waals surface area contributed by atoms with Gasteiger partial charge in [-0.05, 0) is 19.3 Å². The highest BCUT2D eigenvalue weighted by molar-refractivity contribution is 5.85. The van der Waals surface area contributed by atoms with E-state index in [1.807, 2.05) is 0 Å². The van der Waals surface area contributed by atoms with Crippen LogP contribution in [0.15, 0.2) is 0 Å². The monoisotopic (exact) mass is 295 g/mol. The largest absolute Gasteiger partial charge is 0.481 e. The van der Waals surface area contributed by atoms with Gasteiger partial charge < -0.3 is 10.0 Å². The number of halogens is 3. The average molecular weight is 295 g/mol. The molecule has 0 atom stereocenters. The van der Waals surface area contributed by atoms with E-state index in [4.69, 9.17) is 0 Å². The van der Waals surface area contributed by atoms with Crippen molar-refractivity contribution >= 4 is 11.9 Å². The van der Waals surface area contributed by atoms with Crippen LogP contribution >= 0.6 is 0 Å². The van der Waals surface area contributed by atoms with Gasteiger partial charge in [0.25, 0.3) is 0 Å². The Kier molecular flexibility index (Phi) is 5.42. The number of carboxylic acid groups (broad SMARTS) is 1. The lowest BCUT2D eigenvalue weighted by Crippen LogP contribution is -2.43. The molecule has 1 aliphatic carbocycles. The second kappa shape index (κ2) is 6.45. The number of carbonyl (C=O) groups is 2. The van der Waals surface area contributed by atoms with Crippen LogP contribution in [0.5, 0.6) is 0 Å². The summed E-state index contributed by atoms with van der Waals surface area (Å²) in [7, 11) is 0. The Balaban J connectivity index is 2.76. The molecule has 0 aromatic heterocycles. The fraction of sp³-hybridized carbons (Fsp3) is 0.846. The van der Waals surface area contributed by atoms with Gasteiger partial charge in [-0.15, -0.1) is 0 Å². The summed E-state index contributed by atoms with van der Waals surface area (Å²) in [5.41, 5.74) is -1.17. The van der Waals surface area contributed by atoms with Gasteiger partial charge in [0, 0.05) is 13.0 Å². The van der Waals surface area contributed by atoms with Crippen molar-refractivity contribution in [3.63, 3.8) is 0 Å². The Morgan fingerprint density at radius 3 is 2.20 bits per heavy atom. The quantitative estimate of drug-likeness (QED) is 0.819. The van der Waals surface area contributed by atoms with Gasteiger partial charge in [0.05, 0.1) is 5.41 Å². The molecule has 1 aliphatic rings. The van der Waals surface area contributed by atoms with Crippen molar-refractivity contribution in [2.24, 2.45) is 5.41 Å². The van der Waals surface area contributed by atoms with E-state index in [2.05, 4.69) is 0 Å². The van der Waals surface area contributed by atoms with Gasteiger partial charge in [-0.3, -0.25) is 9.59 Å². The number of nitrogens with zero attached hydrogens (tertiary/aromatic N) is 1. The Hall–Kier alpha value is -1.27. The highest BCUT2D eigenvalue weighted by Gasteiger charge is 2.44. The molecule has 0 aromatic carbocycles. The molecule has 0 heterocycles. The van der Waals surface area contributed by atoms with Gasteiger partial charge in [-0.2, -0.15) is 13.2 Å². The first-order chi connectivity index (χ1) is 9.20. The molecule has 1 fully saturated rings. The lowest BCUT2D eigenvalue weighted by molar-refractivity contribution is -0.165. The number of rotatable bonds is 6. The second-order valence-corrected chi connectivity index (χ2v) is 5.40. The van der Waals surface area contributed by atoms with Gasteiger partial charge in [-0.25, -0.2) is 0 Å². The van der Waals surface area contributed by atoms with Gasteiger partial charge in [0.15, 0.2) is 0 Å². The molecule has 0 saturated heterocycles. The lowest BCUT2D eigenvalue weighted by atomic mass is 9.82. The molecule has 0 unspecified atom stereocenters. The number of aliphatic carboxylic acids is 1. The fourth-order valence-electron chi connectivity index (χ4n) is 2.70. The first kappa shape index (κ1) is 16.8. The topological polar surface area (TPSA) is 57.6 Å². The molecule has 1 saturated carbocycles. The molecule has 0 radical (unpaired) electrons. The number of carboxylic acids is 1. The molecule has 20 heavy (non-hydrogen) atoms. The van der Waals surface area contributed by atoms with Crippen molar-refractivity contribution in [3.8, 4) is 0 Å². The minimum Gasteiger partial charge on any atom is -0.481 e. The van der Waals surface area contributed by atoms with E-state index < -0.39 is 30.0 Å². The van der Waals surface area contributed by atoms with Gasteiger partial charge >= 0.3 is 12.1 Å². The Labute approximate surface area is 115 Å². The van der Waals surface area contributed by atoms with E-state index in [1.54, 1.807) is 6.92 Å². The van der Waals surface area contributed by atoms with Crippen LogP contribution in [0, 0.1) is 5.41 Å². The van der Waals surface area contributed by atoms with Crippen molar-refractivity contribution < 1.29 is 27.9 Å². The Morgan fingerprint density at radius 2 is 1.80 bits per heavy atom. The number of carbonyl (C=O) groups excluding carboxylic acids is 1. The van der Waals surface area contributed by atoms with Crippen molar-refractivity contribution in [1.29, 1.82) is 0 Å². The molecular weight excluding hydrogens is 275 g/mol. The molecule has 0 spiro atoms. The summed E-state index contributed by atoms with van der Waals surface area (Å²) in [5.74, 6) is -1.79. The van der Waals surface area contributed by atoms with Crippen LogP contribution in [0.25, 0.3) is 0 Å². The molecule has 0 aliphatic heterocycles. The molecule has 7 heteroatoms. The van der Waals surface area contributed by atoms with Crippen LogP contribution < -0.4 is 0 Å². The van der Waals surface area contributed by atoms with Crippen LogP contribution in [0.2, 0.25) is 0 Å². The zero-order valence-corrected chi connectivity index (χ0v) is 11.5. The summed E-state index contributed by atoms with van der Waals surface area (Å²) in [5, 5.41) is 9.26. The van der Waals surface area contributed by atoms with E-state index in [-0.39, 0.29) is 13.0 Å². The van der Waals surface area contributed by atoms with Gasteiger partial charge in [0.2, 0.25) is 5.91 Å². The summed E-state index contributed by atoms with van der Waals surface area (Å²) >= 11 is 0. The van der Waals surface area contributed by atoms with Crippen molar-refractivity contribution in [2.45, 2.75) is 51.6 Å². The molecule has 4 nitrogen and oxygen atoms in total. The van der Waals surface area contributed by atoms with Crippen LogP contribution in [0.3, 0.4) is 0 Å². The normalized spacial score (nSPS) is 18.0. The maximum absolute atomic E-state index is 12.4. The standard InChI is InChI=1S/C13H20F3NO3/c1-2-7-17(9-13(14,15)16)10(18)8-12(11(19)20)5-3-4-6-12/h2-9H2,1H3,(H,19,20). The van der Waals surface area contributed by atoms with Crippen LogP contribution in [0.1, 0.15) is 45.4 Å². The minimum atomic E-state index is -4.46. The molecule has 0 aromatic rings. The zero-order chi connectivity index (χ0) is 15.4. The highest BCUT2D eigenvalue weighted by atomic mass is 19.4. The number of hydrogen-bond acceptors (Lipinski definition) is 2.